The molecular formula is C13H12INO2S. The second-order valence-corrected chi connectivity index (χ2v) is 6.12. The summed E-state index contributed by atoms with van der Waals surface area (Å²) in [4.78, 5) is 25.5. The van der Waals surface area contributed by atoms with Gasteiger partial charge in [0.25, 0.3) is 11.1 Å². The first-order valence-electron chi connectivity index (χ1n) is 5.62. The highest BCUT2D eigenvalue weighted by Gasteiger charge is 2.34. The van der Waals surface area contributed by atoms with Crippen LogP contribution in [0, 0.1) is 3.57 Å². The van der Waals surface area contributed by atoms with Gasteiger partial charge in [0.1, 0.15) is 0 Å². The number of hydrogen-bond donors (Lipinski definition) is 0. The molecule has 0 bridgehead atoms. The molecule has 0 N–H and O–H groups in total. The van der Waals surface area contributed by atoms with Crippen LogP contribution in [0.4, 0.5) is 4.79 Å². The zero-order chi connectivity index (χ0) is 13.1. The summed E-state index contributed by atoms with van der Waals surface area (Å²) in [5.74, 6) is -0.176. The van der Waals surface area contributed by atoms with Crippen LogP contribution < -0.4 is 0 Å². The molecule has 1 heterocycles. The maximum Gasteiger partial charge on any atom is 0.293 e. The molecule has 1 saturated heterocycles. The van der Waals surface area contributed by atoms with Crippen molar-refractivity contribution in [3.05, 3.63) is 38.3 Å². The van der Waals surface area contributed by atoms with Gasteiger partial charge in [0.2, 0.25) is 0 Å². The SMILES string of the molecule is CCCN1C(=O)S/C(=C/c2ccc(I)cc2)C1=O. The molecule has 2 amide bonds. The molecule has 0 aliphatic carbocycles. The summed E-state index contributed by atoms with van der Waals surface area (Å²) < 4.78 is 1.14. The summed E-state index contributed by atoms with van der Waals surface area (Å²) in [6.45, 7) is 2.45. The van der Waals surface area contributed by atoms with Gasteiger partial charge in [0, 0.05) is 10.1 Å². The predicted octanol–water partition coefficient (Wildman–Crippen LogP) is 3.74. The standard InChI is InChI=1S/C13H12INO2S/c1-2-7-15-12(16)11(18-13(15)17)8-9-3-5-10(14)6-4-9/h3-6,8H,2,7H2,1H3/b11-8+. The van der Waals surface area contributed by atoms with Gasteiger partial charge < -0.3 is 0 Å². The van der Waals surface area contributed by atoms with E-state index in [2.05, 4.69) is 22.6 Å². The Morgan fingerprint density at radius 3 is 2.56 bits per heavy atom. The van der Waals surface area contributed by atoms with Crippen molar-refractivity contribution in [3.63, 3.8) is 0 Å². The number of rotatable bonds is 3. The van der Waals surface area contributed by atoms with E-state index in [0.29, 0.717) is 11.4 Å². The highest BCUT2D eigenvalue weighted by atomic mass is 127. The van der Waals surface area contributed by atoms with Crippen LogP contribution >= 0.6 is 34.4 Å². The van der Waals surface area contributed by atoms with E-state index in [4.69, 9.17) is 0 Å². The summed E-state index contributed by atoms with van der Waals surface area (Å²) in [6.07, 6.45) is 2.56. The van der Waals surface area contributed by atoms with Crippen LogP contribution in [-0.2, 0) is 4.79 Å². The third-order valence-corrected chi connectivity index (χ3v) is 4.12. The van der Waals surface area contributed by atoms with E-state index in [1.54, 1.807) is 6.08 Å². The van der Waals surface area contributed by atoms with Gasteiger partial charge in [-0.3, -0.25) is 14.5 Å². The largest absolute Gasteiger partial charge is 0.293 e. The molecule has 0 atom stereocenters. The molecule has 0 saturated carbocycles. The summed E-state index contributed by atoms with van der Waals surface area (Å²) in [7, 11) is 0. The zero-order valence-electron chi connectivity index (χ0n) is 9.85. The Labute approximate surface area is 124 Å². The number of imide groups is 1. The maximum atomic E-state index is 12.0. The molecule has 1 aliphatic rings. The van der Waals surface area contributed by atoms with Gasteiger partial charge in [-0.25, -0.2) is 0 Å². The number of carbonyl (C=O) groups is 2. The average Bonchev–Trinajstić information content (AvgIpc) is 2.60. The molecule has 0 aromatic heterocycles. The van der Waals surface area contributed by atoms with Crippen LogP contribution in [0.15, 0.2) is 29.2 Å². The highest BCUT2D eigenvalue weighted by Crippen LogP contribution is 2.32. The number of thioether (sulfide) groups is 1. The molecular weight excluding hydrogens is 361 g/mol. The Bertz CT molecular complexity index is 510. The van der Waals surface area contributed by atoms with Crippen molar-refractivity contribution in [1.29, 1.82) is 0 Å². The number of nitrogens with zero attached hydrogens (tertiary/aromatic N) is 1. The monoisotopic (exact) mass is 373 g/mol. The quantitative estimate of drug-likeness (QED) is 0.599. The van der Waals surface area contributed by atoms with Crippen LogP contribution in [0.1, 0.15) is 18.9 Å². The number of carbonyl (C=O) groups excluding carboxylic acids is 2. The van der Waals surface area contributed by atoms with Crippen molar-refractivity contribution in [3.8, 4) is 0 Å². The molecule has 1 aromatic rings. The minimum absolute atomic E-state index is 0.168. The highest BCUT2D eigenvalue weighted by molar-refractivity contribution is 14.1. The Kier molecular flexibility index (Phi) is 4.45. The van der Waals surface area contributed by atoms with Crippen LogP contribution in [0.3, 0.4) is 0 Å². The number of halogens is 1. The minimum Gasteiger partial charge on any atom is -0.268 e. The summed E-state index contributed by atoms with van der Waals surface area (Å²) in [5.41, 5.74) is 0.942. The van der Waals surface area contributed by atoms with E-state index in [1.807, 2.05) is 31.2 Å². The molecule has 1 aromatic carbocycles. The van der Waals surface area contributed by atoms with Gasteiger partial charge in [-0.05, 0) is 64.5 Å². The third-order valence-electron chi connectivity index (χ3n) is 2.49. The molecule has 94 valence electrons. The van der Waals surface area contributed by atoms with Crippen molar-refractivity contribution in [2.75, 3.05) is 6.54 Å². The van der Waals surface area contributed by atoms with Gasteiger partial charge in [-0.15, -0.1) is 0 Å². The predicted molar refractivity (Wildman–Crippen MR) is 82.1 cm³/mol. The molecule has 3 nitrogen and oxygen atoms in total. The number of benzene rings is 1. The van der Waals surface area contributed by atoms with E-state index < -0.39 is 0 Å². The van der Waals surface area contributed by atoms with E-state index in [-0.39, 0.29) is 11.1 Å². The molecule has 2 rings (SSSR count). The Morgan fingerprint density at radius 2 is 1.94 bits per heavy atom. The molecule has 18 heavy (non-hydrogen) atoms. The molecule has 1 aliphatic heterocycles. The van der Waals surface area contributed by atoms with E-state index in [0.717, 1.165) is 27.3 Å². The lowest BCUT2D eigenvalue weighted by Gasteiger charge is -2.09. The van der Waals surface area contributed by atoms with Crippen molar-refractivity contribution in [2.24, 2.45) is 0 Å². The summed E-state index contributed by atoms with van der Waals surface area (Å²) >= 11 is 3.24. The summed E-state index contributed by atoms with van der Waals surface area (Å²) in [6, 6.07) is 7.83. The first-order chi connectivity index (χ1) is 8.61. The van der Waals surface area contributed by atoms with Crippen LogP contribution in [-0.4, -0.2) is 22.6 Å². The van der Waals surface area contributed by atoms with Gasteiger partial charge in [0.05, 0.1) is 4.91 Å². The van der Waals surface area contributed by atoms with E-state index in [9.17, 15) is 9.59 Å². The molecule has 0 spiro atoms. The smallest absolute Gasteiger partial charge is 0.268 e. The first kappa shape index (κ1) is 13.6. The van der Waals surface area contributed by atoms with Gasteiger partial charge in [-0.2, -0.15) is 0 Å². The normalized spacial score (nSPS) is 17.9. The fraction of sp³-hybridized carbons (Fsp3) is 0.231. The molecule has 0 unspecified atom stereocenters. The first-order valence-corrected chi connectivity index (χ1v) is 7.52. The van der Waals surface area contributed by atoms with E-state index >= 15 is 0 Å². The number of hydrogen-bond acceptors (Lipinski definition) is 3. The average molecular weight is 373 g/mol. The maximum absolute atomic E-state index is 12.0. The van der Waals surface area contributed by atoms with Crippen LogP contribution in [0.25, 0.3) is 6.08 Å². The molecule has 5 heteroatoms. The Balaban J connectivity index is 2.22. The van der Waals surface area contributed by atoms with Gasteiger partial charge in [0.15, 0.2) is 0 Å². The van der Waals surface area contributed by atoms with Crippen molar-refractivity contribution in [2.45, 2.75) is 13.3 Å². The minimum atomic E-state index is -0.176. The second-order valence-electron chi connectivity index (χ2n) is 3.88. The van der Waals surface area contributed by atoms with E-state index in [1.165, 1.54) is 4.90 Å². The topological polar surface area (TPSA) is 37.4 Å². The fourth-order valence-corrected chi connectivity index (χ4v) is 2.85. The van der Waals surface area contributed by atoms with Crippen LogP contribution in [0.5, 0.6) is 0 Å². The Morgan fingerprint density at radius 1 is 1.28 bits per heavy atom. The lowest BCUT2D eigenvalue weighted by atomic mass is 10.2. The zero-order valence-corrected chi connectivity index (χ0v) is 12.8. The second kappa shape index (κ2) is 5.88. The fourth-order valence-electron chi connectivity index (χ4n) is 1.63. The van der Waals surface area contributed by atoms with Crippen molar-refractivity contribution >= 4 is 51.6 Å². The molecule has 0 radical (unpaired) electrons. The molecule has 1 fully saturated rings. The summed E-state index contributed by atoms with van der Waals surface area (Å²) in [5, 5.41) is -0.168. The van der Waals surface area contributed by atoms with Crippen LogP contribution in [0.2, 0.25) is 0 Å². The van der Waals surface area contributed by atoms with Crippen molar-refractivity contribution in [1.82, 2.24) is 4.90 Å². The lowest BCUT2D eigenvalue weighted by Crippen LogP contribution is -2.28. The Hall–Kier alpha value is -0.820. The lowest BCUT2D eigenvalue weighted by molar-refractivity contribution is -0.122. The number of amides is 2. The van der Waals surface area contributed by atoms with Gasteiger partial charge >= 0.3 is 0 Å². The third kappa shape index (κ3) is 2.95. The van der Waals surface area contributed by atoms with Crippen molar-refractivity contribution < 1.29 is 9.59 Å². The van der Waals surface area contributed by atoms with Gasteiger partial charge in [-0.1, -0.05) is 19.1 Å².